The summed E-state index contributed by atoms with van der Waals surface area (Å²) in [7, 11) is 0. The van der Waals surface area contributed by atoms with Gasteiger partial charge in [-0.3, -0.25) is 14.9 Å². The molecule has 0 radical (unpaired) electrons. The third-order valence-corrected chi connectivity index (χ3v) is 3.82. The van der Waals surface area contributed by atoms with Crippen LogP contribution in [0.25, 0.3) is 0 Å². The fourth-order valence-corrected chi connectivity index (χ4v) is 2.66. The second-order valence-corrected chi connectivity index (χ2v) is 5.61. The normalized spacial score (nSPS) is 25.9. The Hall–Kier alpha value is -0.950. The summed E-state index contributed by atoms with van der Waals surface area (Å²) in [6.07, 6.45) is 2.56. The van der Waals surface area contributed by atoms with E-state index in [4.69, 9.17) is 0 Å². The Morgan fingerprint density at radius 2 is 1.90 bits per heavy atom. The SMILES string of the molecule is CC(NC(=O)C1CC(F)(F)CN1)C(=O)N1CCCCC1.Cl. The minimum Gasteiger partial charge on any atom is -0.343 e. The molecule has 0 aliphatic carbocycles. The molecule has 2 unspecified atom stereocenters. The van der Waals surface area contributed by atoms with Crippen LogP contribution in [0.3, 0.4) is 0 Å². The first-order chi connectivity index (χ1) is 9.39. The highest BCUT2D eigenvalue weighted by molar-refractivity contribution is 5.89. The van der Waals surface area contributed by atoms with Gasteiger partial charge in [-0.05, 0) is 26.2 Å². The molecule has 2 N–H and O–H groups in total. The summed E-state index contributed by atoms with van der Waals surface area (Å²) in [5.74, 6) is -3.51. The van der Waals surface area contributed by atoms with Gasteiger partial charge in [0.1, 0.15) is 6.04 Å². The van der Waals surface area contributed by atoms with Crippen LogP contribution < -0.4 is 10.6 Å². The molecule has 2 amide bonds. The maximum absolute atomic E-state index is 13.0. The van der Waals surface area contributed by atoms with Crippen molar-refractivity contribution < 1.29 is 18.4 Å². The number of amides is 2. The maximum Gasteiger partial charge on any atom is 0.262 e. The van der Waals surface area contributed by atoms with Crippen molar-refractivity contribution in [1.82, 2.24) is 15.5 Å². The molecule has 21 heavy (non-hydrogen) atoms. The molecule has 2 saturated heterocycles. The molecule has 2 heterocycles. The summed E-state index contributed by atoms with van der Waals surface area (Å²) < 4.78 is 26.0. The smallest absolute Gasteiger partial charge is 0.262 e. The van der Waals surface area contributed by atoms with E-state index in [0.29, 0.717) is 13.1 Å². The summed E-state index contributed by atoms with van der Waals surface area (Å²) in [5, 5.41) is 5.01. The fourth-order valence-electron chi connectivity index (χ4n) is 2.66. The van der Waals surface area contributed by atoms with E-state index in [0.717, 1.165) is 19.3 Å². The zero-order valence-electron chi connectivity index (χ0n) is 12.0. The Morgan fingerprint density at radius 3 is 2.43 bits per heavy atom. The molecular weight excluding hydrogens is 304 g/mol. The van der Waals surface area contributed by atoms with Crippen LogP contribution in [0, 0.1) is 0 Å². The van der Waals surface area contributed by atoms with Gasteiger partial charge in [0.15, 0.2) is 0 Å². The highest BCUT2D eigenvalue weighted by Gasteiger charge is 2.42. The van der Waals surface area contributed by atoms with Crippen molar-refractivity contribution in [2.24, 2.45) is 0 Å². The molecule has 2 fully saturated rings. The van der Waals surface area contributed by atoms with Crippen LogP contribution in [0.2, 0.25) is 0 Å². The first kappa shape index (κ1) is 18.1. The molecule has 0 aromatic carbocycles. The first-order valence-electron chi connectivity index (χ1n) is 7.09. The number of carbonyl (C=O) groups is 2. The molecule has 0 aromatic heterocycles. The van der Waals surface area contributed by atoms with E-state index < -0.39 is 36.9 Å². The molecule has 2 rings (SSSR count). The number of alkyl halides is 2. The third-order valence-electron chi connectivity index (χ3n) is 3.82. The number of halogens is 3. The van der Waals surface area contributed by atoms with Crippen molar-refractivity contribution >= 4 is 24.2 Å². The molecule has 5 nitrogen and oxygen atoms in total. The molecular formula is C13H22ClF2N3O2. The van der Waals surface area contributed by atoms with Crippen LogP contribution in [0.15, 0.2) is 0 Å². The first-order valence-corrected chi connectivity index (χ1v) is 7.09. The van der Waals surface area contributed by atoms with Crippen LogP contribution in [0.4, 0.5) is 8.78 Å². The molecule has 2 aliphatic rings. The number of nitrogens with one attached hydrogen (secondary N) is 2. The lowest BCUT2D eigenvalue weighted by molar-refractivity contribution is -0.137. The van der Waals surface area contributed by atoms with Gasteiger partial charge in [-0.15, -0.1) is 12.4 Å². The van der Waals surface area contributed by atoms with Crippen LogP contribution in [-0.4, -0.2) is 54.4 Å². The summed E-state index contributed by atoms with van der Waals surface area (Å²) in [6, 6.07) is -1.58. The molecule has 0 spiro atoms. The third kappa shape index (κ3) is 4.78. The Kier molecular flexibility index (Phi) is 6.34. The van der Waals surface area contributed by atoms with Crippen LogP contribution in [0.5, 0.6) is 0 Å². The lowest BCUT2D eigenvalue weighted by Crippen LogP contribution is -2.52. The predicted molar refractivity (Wildman–Crippen MR) is 76.6 cm³/mol. The Morgan fingerprint density at radius 1 is 1.29 bits per heavy atom. The van der Waals surface area contributed by atoms with E-state index in [-0.39, 0.29) is 18.3 Å². The molecule has 0 bridgehead atoms. The second kappa shape index (κ2) is 7.35. The lowest BCUT2D eigenvalue weighted by Gasteiger charge is -2.29. The average Bonchev–Trinajstić information content (AvgIpc) is 2.79. The van der Waals surface area contributed by atoms with E-state index in [9.17, 15) is 18.4 Å². The van der Waals surface area contributed by atoms with E-state index in [1.165, 1.54) is 0 Å². The van der Waals surface area contributed by atoms with Gasteiger partial charge in [0.25, 0.3) is 5.92 Å². The van der Waals surface area contributed by atoms with Crippen molar-refractivity contribution in [3.63, 3.8) is 0 Å². The van der Waals surface area contributed by atoms with Crippen molar-refractivity contribution in [2.45, 2.75) is 50.6 Å². The van der Waals surface area contributed by atoms with Gasteiger partial charge < -0.3 is 10.2 Å². The fraction of sp³-hybridized carbons (Fsp3) is 0.846. The van der Waals surface area contributed by atoms with E-state index >= 15 is 0 Å². The van der Waals surface area contributed by atoms with Crippen LogP contribution >= 0.6 is 12.4 Å². The number of rotatable bonds is 3. The standard InChI is InChI=1S/C13H21F2N3O2.ClH/c1-9(12(20)18-5-3-2-4-6-18)17-11(19)10-7-13(14,15)8-16-10;/h9-10,16H,2-8H2,1H3,(H,17,19);1H. The highest BCUT2D eigenvalue weighted by atomic mass is 35.5. The number of nitrogens with zero attached hydrogens (tertiary/aromatic N) is 1. The Labute approximate surface area is 129 Å². The van der Waals surface area contributed by atoms with Crippen molar-refractivity contribution in [3.05, 3.63) is 0 Å². The van der Waals surface area contributed by atoms with Gasteiger partial charge in [-0.25, -0.2) is 8.78 Å². The van der Waals surface area contributed by atoms with Crippen LogP contribution in [0.1, 0.15) is 32.6 Å². The number of hydrogen-bond acceptors (Lipinski definition) is 3. The number of piperidine rings is 1. The highest BCUT2D eigenvalue weighted by Crippen LogP contribution is 2.25. The van der Waals surface area contributed by atoms with Gasteiger partial charge in [0, 0.05) is 19.5 Å². The summed E-state index contributed by atoms with van der Waals surface area (Å²) in [6.45, 7) is 2.53. The Bertz CT molecular complexity index is 390. The number of likely N-dealkylation sites (tertiary alicyclic amines) is 1. The molecule has 8 heteroatoms. The topological polar surface area (TPSA) is 61.4 Å². The largest absolute Gasteiger partial charge is 0.343 e. The van der Waals surface area contributed by atoms with Crippen molar-refractivity contribution in [3.8, 4) is 0 Å². The van der Waals surface area contributed by atoms with Gasteiger partial charge in [-0.2, -0.15) is 0 Å². The zero-order valence-corrected chi connectivity index (χ0v) is 12.8. The molecule has 2 aliphatic heterocycles. The van der Waals surface area contributed by atoms with Gasteiger partial charge in [0.2, 0.25) is 11.8 Å². The zero-order chi connectivity index (χ0) is 14.8. The monoisotopic (exact) mass is 325 g/mol. The molecule has 122 valence electrons. The Balaban J connectivity index is 0.00000220. The van der Waals surface area contributed by atoms with Crippen molar-refractivity contribution in [2.75, 3.05) is 19.6 Å². The average molecular weight is 326 g/mol. The second-order valence-electron chi connectivity index (χ2n) is 5.61. The molecule has 2 atom stereocenters. The van der Waals surface area contributed by atoms with Gasteiger partial charge >= 0.3 is 0 Å². The van der Waals surface area contributed by atoms with Gasteiger partial charge in [0.05, 0.1) is 12.6 Å². The van der Waals surface area contributed by atoms with E-state index in [2.05, 4.69) is 10.6 Å². The molecule has 0 aromatic rings. The quantitative estimate of drug-likeness (QED) is 0.811. The summed E-state index contributed by atoms with van der Waals surface area (Å²) >= 11 is 0. The minimum absolute atomic E-state index is 0. The number of hydrogen-bond donors (Lipinski definition) is 2. The molecule has 0 saturated carbocycles. The van der Waals surface area contributed by atoms with Crippen molar-refractivity contribution in [1.29, 1.82) is 0 Å². The predicted octanol–water partition coefficient (Wildman–Crippen LogP) is 0.923. The summed E-state index contributed by atoms with van der Waals surface area (Å²) in [4.78, 5) is 25.7. The van der Waals surface area contributed by atoms with E-state index in [1.807, 2.05) is 0 Å². The number of carbonyl (C=O) groups excluding carboxylic acids is 2. The van der Waals surface area contributed by atoms with E-state index in [1.54, 1.807) is 11.8 Å². The summed E-state index contributed by atoms with van der Waals surface area (Å²) in [5.41, 5.74) is 0. The lowest BCUT2D eigenvalue weighted by atomic mass is 10.1. The minimum atomic E-state index is -2.85. The maximum atomic E-state index is 13.0. The van der Waals surface area contributed by atoms with Crippen LogP contribution in [-0.2, 0) is 9.59 Å². The van der Waals surface area contributed by atoms with Gasteiger partial charge in [-0.1, -0.05) is 0 Å².